The highest BCUT2D eigenvalue weighted by atomic mass is 15.3. The number of hydrogen-bond acceptors (Lipinski definition) is 3. The Morgan fingerprint density at radius 1 is 1.56 bits per heavy atom. The first kappa shape index (κ1) is 13.6. The van der Waals surface area contributed by atoms with Crippen LogP contribution in [0.4, 0.5) is 0 Å². The molecule has 0 radical (unpaired) electrons. The van der Waals surface area contributed by atoms with Gasteiger partial charge in [-0.05, 0) is 52.7 Å². The average Bonchev–Trinajstić information content (AvgIpc) is 2.78. The van der Waals surface area contributed by atoms with Gasteiger partial charge in [0.05, 0.1) is 6.20 Å². The largest absolute Gasteiger partial charge is 0.316 e. The summed E-state index contributed by atoms with van der Waals surface area (Å²) in [6.45, 7) is 8.88. The second-order valence-electron chi connectivity index (χ2n) is 5.83. The van der Waals surface area contributed by atoms with Crippen LogP contribution < -0.4 is 5.32 Å². The molecule has 4 heteroatoms. The molecular formula is C14H26N4. The molecule has 0 amide bonds. The molecule has 0 saturated carbocycles. The Bertz CT molecular complexity index is 352. The molecule has 1 saturated heterocycles. The molecule has 1 aliphatic heterocycles. The number of rotatable bonds is 5. The highest BCUT2D eigenvalue weighted by molar-refractivity contribution is 5.04. The highest BCUT2D eigenvalue weighted by Gasteiger charge is 2.15. The highest BCUT2D eigenvalue weighted by Crippen LogP contribution is 2.13. The standard InChI is InChI=1S/C14H26N4/c1-12(2)18-11-14(8-16-18)10-17(3)9-13-5-4-6-15-7-13/h8,11-13,15H,4-7,9-10H2,1-3H3. The Morgan fingerprint density at radius 3 is 3.00 bits per heavy atom. The van der Waals surface area contributed by atoms with Crippen molar-refractivity contribution >= 4 is 0 Å². The van der Waals surface area contributed by atoms with Crippen LogP contribution in [0, 0.1) is 5.92 Å². The van der Waals surface area contributed by atoms with E-state index in [1.807, 2.05) is 10.9 Å². The van der Waals surface area contributed by atoms with Crippen molar-refractivity contribution in [2.45, 2.75) is 39.3 Å². The minimum Gasteiger partial charge on any atom is -0.316 e. The van der Waals surface area contributed by atoms with E-state index in [2.05, 4.69) is 42.4 Å². The molecule has 0 aromatic carbocycles. The van der Waals surface area contributed by atoms with Gasteiger partial charge in [-0.2, -0.15) is 5.10 Å². The molecule has 1 aromatic rings. The van der Waals surface area contributed by atoms with E-state index in [0.29, 0.717) is 6.04 Å². The molecule has 4 nitrogen and oxygen atoms in total. The molecule has 2 rings (SSSR count). The molecule has 102 valence electrons. The Hall–Kier alpha value is -0.870. The third-order valence-electron chi connectivity index (χ3n) is 3.61. The molecule has 1 aromatic heterocycles. The fourth-order valence-electron chi connectivity index (χ4n) is 2.64. The molecule has 1 N–H and O–H groups in total. The van der Waals surface area contributed by atoms with Gasteiger partial charge in [0.1, 0.15) is 0 Å². The van der Waals surface area contributed by atoms with Gasteiger partial charge in [-0.25, -0.2) is 0 Å². The molecule has 1 aliphatic rings. The van der Waals surface area contributed by atoms with Crippen LogP contribution in [0.1, 0.15) is 38.3 Å². The third-order valence-corrected chi connectivity index (χ3v) is 3.61. The van der Waals surface area contributed by atoms with E-state index >= 15 is 0 Å². The molecular weight excluding hydrogens is 224 g/mol. The van der Waals surface area contributed by atoms with Crippen molar-refractivity contribution in [2.75, 3.05) is 26.7 Å². The van der Waals surface area contributed by atoms with Gasteiger partial charge < -0.3 is 10.2 Å². The van der Waals surface area contributed by atoms with Crippen LogP contribution in [0.3, 0.4) is 0 Å². The first-order valence-corrected chi connectivity index (χ1v) is 7.07. The van der Waals surface area contributed by atoms with Crippen molar-refractivity contribution in [3.63, 3.8) is 0 Å². The fraction of sp³-hybridized carbons (Fsp3) is 0.786. The normalized spacial score (nSPS) is 20.8. The molecule has 1 atom stereocenters. The Morgan fingerprint density at radius 2 is 2.39 bits per heavy atom. The van der Waals surface area contributed by atoms with Crippen LogP contribution in [-0.2, 0) is 6.54 Å². The maximum atomic E-state index is 4.39. The second-order valence-corrected chi connectivity index (χ2v) is 5.83. The van der Waals surface area contributed by atoms with Crippen molar-refractivity contribution in [3.05, 3.63) is 18.0 Å². The summed E-state index contributed by atoms with van der Waals surface area (Å²) in [6.07, 6.45) is 6.85. The van der Waals surface area contributed by atoms with Gasteiger partial charge in [-0.1, -0.05) is 0 Å². The molecule has 0 bridgehead atoms. The van der Waals surface area contributed by atoms with Crippen LogP contribution in [0.15, 0.2) is 12.4 Å². The number of aromatic nitrogens is 2. The Kier molecular flexibility index (Phi) is 4.78. The van der Waals surface area contributed by atoms with Crippen LogP contribution >= 0.6 is 0 Å². The maximum absolute atomic E-state index is 4.39. The minimum absolute atomic E-state index is 0.451. The van der Waals surface area contributed by atoms with Gasteiger partial charge in [-0.15, -0.1) is 0 Å². The van der Waals surface area contributed by atoms with Crippen molar-refractivity contribution < 1.29 is 0 Å². The van der Waals surface area contributed by atoms with Crippen molar-refractivity contribution in [1.82, 2.24) is 20.0 Å². The van der Waals surface area contributed by atoms with Crippen LogP contribution in [-0.4, -0.2) is 41.4 Å². The number of nitrogens with one attached hydrogen (secondary N) is 1. The fourth-order valence-corrected chi connectivity index (χ4v) is 2.64. The monoisotopic (exact) mass is 250 g/mol. The lowest BCUT2D eigenvalue weighted by atomic mass is 9.99. The van der Waals surface area contributed by atoms with Gasteiger partial charge in [0, 0.05) is 30.9 Å². The summed E-state index contributed by atoms with van der Waals surface area (Å²) in [4.78, 5) is 2.42. The summed E-state index contributed by atoms with van der Waals surface area (Å²) in [7, 11) is 2.21. The minimum atomic E-state index is 0.451. The van der Waals surface area contributed by atoms with E-state index in [1.54, 1.807) is 0 Å². The van der Waals surface area contributed by atoms with E-state index in [9.17, 15) is 0 Å². The zero-order valence-corrected chi connectivity index (χ0v) is 11.9. The predicted octanol–water partition coefficient (Wildman–Crippen LogP) is 1.90. The lowest BCUT2D eigenvalue weighted by molar-refractivity contribution is 0.237. The van der Waals surface area contributed by atoms with E-state index in [0.717, 1.165) is 12.5 Å². The van der Waals surface area contributed by atoms with Crippen LogP contribution in [0.2, 0.25) is 0 Å². The molecule has 1 unspecified atom stereocenters. The summed E-state index contributed by atoms with van der Waals surface area (Å²) in [5.41, 5.74) is 1.31. The van der Waals surface area contributed by atoms with Gasteiger partial charge in [0.15, 0.2) is 0 Å². The third kappa shape index (κ3) is 3.82. The van der Waals surface area contributed by atoms with Crippen LogP contribution in [0.5, 0.6) is 0 Å². The zero-order valence-electron chi connectivity index (χ0n) is 11.9. The van der Waals surface area contributed by atoms with Gasteiger partial charge in [0.25, 0.3) is 0 Å². The summed E-state index contributed by atoms with van der Waals surface area (Å²) in [6, 6.07) is 0.451. The molecule has 1 fully saturated rings. The van der Waals surface area contributed by atoms with E-state index in [-0.39, 0.29) is 0 Å². The zero-order chi connectivity index (χ0) is 13.0. The molecule has 18 heavy (non-hydrogen) atoms. The van der Waals surface area contributed by atoms with Gasteiger partial charge in [0.2, 0.25) is 0 Å². The lowest BCUT2D eigenvalue weighted by Crippen LogP contribution is -2.36. The van der Waals surface area contributed by atoms with Crippen molar-refractivity contribution in [3.8, 4) is 0 Å². The summed E-state index contributed by atoms with van der Waals surface area (Å²) >= 11 is 0. The van der Waals surface area contributed by atoms with Crippen molar-refractivity contribution in [2.24, 2.45) is 5.92 Å². The number of nitrogens with zero attached hydrogens (tertiary/aromatic N) is 3. The second kappa shape index (κ2) is 6.34. The smallest absolute Gasteiger partial charge is 0.0534 e. The SMILES string of the molecule is CC(C)n1cc(CN(C)CC2CCCNC2)cn1. The summed E-state index contributed by atoms with van der Waals surface area (Å²) in [5.74, 6) is 0.809. The Labute approximate surface area is 110 Å². The molecule has 0 spiro atoms. The molecule has 2 heterocycles. The lowest BCUT2D eigenvalue weighted by Gasteiger charge is -2.27. The first-order chi connectivity index (χ1) is 8.65. The first-order valence-electron chi connectivity index (χ1n) is 7.07. The van der Waals surface area contributed by atoms with E-state index in [1.165, 1.54) is 38.0 Å². The summed E-state index contributed by atoms with van der Waals surface area (Å²) in [5, 5.41) is 7.87. The van der Waals surface area contributed by atoms with Gasteiger partial charge in [-0.3, -0.25) is 4.68 Å². The number of hydrogen-bond donors (Lipinski definition) is 1. The molecule has 0 aliphatic carbocycles. The quantitative estimate of drug-likeness (QED) is 0.866. The van der Waals surface area contributed by atoms with Crippen LogP contribution in [0.25, 0.3) is 0 Å². The topological polar surface area (TPSA) is 33.1 Å². The van der Waals surface area contributed by atoms with Crippen molar-refractivity contribution in [1.29, 1.82) is 0 Å². The Balaban J connectivity index is 1.80. The predicted molar refractivity (Wildman–Crippen MR) is 74.5 cm³/mol. The van der Waals surface area contributed by atoms with Gasteiger partial charge >= 0.3 is 0 Å². The number of piperidine rings is 1. The summed E-state index contributed by atoms with van der Waals surface area (Å²) < 4.78 is 2.03. The maximum Gasteiger partial charge on any atom is 0.0534 e. The average molecular weight is 250 g/mol. The van der Waals surface area contributed by atoms with E-state index < -0.39 is 0 Å². The van der Waals surface area contributed by atoms with E-state index in [4.69, 9.17) is 0 Å².